The van der Waals surface area contributed by atoms with E-state index in [9.17, 15) is 4.79 Å². The third kappa shape index (κ3) is 3.76. The Balaban J connectivity index is 1.82. The minimum Gasteiger partial charge on any atom is -0.441 e. The summed E-state index contributed by atoms with van der Waals surface area (Å²) in [6, 6.07) is 11.7. The first-order chi connectivity index (χ1) is 12.1. The van der Waals surface area contributed by atoms with E-state index in [0.29, 0.717) is 23.9 Å². The van der Waals surface area contributed by atoms with Crippen LogP contribution in [0.4, 0.5) is 5.69 Å². The molecule has 0 fully saturated rings. The summed E-state index contributed by atoms with van der Waals surface area (Å²) in [6.07, 6.45) is 3.60. The number of carbonyl (C=O) groups is 1. The number of hydrogen-bond donors (Lipinski definition) is 0. The Morgan fingerprint density at radius 1 is 1.20 bits per heavy atom. The SMILES string of the molecule is CCN(C(=O)Cc1nc(-c2cccnc2)oc1C)c1cccc(C)c1. The second-order valence-electron chi connectivity index (χ2n) is 5.92. The molecule has 0 aliphatic rings. The summed E-state index contributed by atoms with van der Waals surface area (Å²) in [6.45, 7) is 6.42. The molecule has 5 heteroatoms. The van der Waals surface area contributed by atoms with Gasteiger partial charge in [0.15, 0.2) is 0 Å². The van der Waals surface area contributed by atoms with Gasteiger partial charge in [-0.2, -0.15) is 0 Å². The molecule has 0 unspecified atom stereocenters. The van der Waals surface area contributed by atoms with Crippen LogP contribution in [-0.2, 0) is 11.2 Å². The molecule has 0 aliphatic carbocycles. The highest BCUT2D eigenvalue weighted by molar-refractivity contribution is 5.94. The highest BCUT2D eigenvalue weighted by Crippen LogP contribution is 2.22. The number of aromatic nitrogens is 2. The van der Waals surface area contributed by atoms with Gasteiger partial charge in [0.25, 0.3) is 0 Å². The minimum atomic E-state index is 0.00207. The van der Waals surface area contributed by atoms with Crippen molar-refractivity contribution in [3.63, 3.8) is 0 Å². The minimum absolute atomic E-state index is 0.00207. The van der Waals surface area contributed by atoms with Gasteiger partial charge in [-0.15, -0.1) is 0 Å². The Morgan fingerprint density at radius 3 is 2.72 bits per heavy atom. The quantitative estimate of drug-likeness (QED) is 0.708. The van der Waals surface area contributed by atoms with Gasteiger partial charge in [0, 0.05) is 24.6 Å². The van der Waals surface area contributed by atoms with Crippen molar-refractivity contribution in [2.45, 2.75) is 27.2 Å². The number of amides is 1. The molecule has 0 spiro atoms. The molecule has 25 heavy (non-hydrogen) atoms. The monoisotopic (exact) mass is 335 g/mol. The molecule has 3 aromatic rings. The number of carbonyl (C=O) groups excluding carboxylic acids is 1. The molecule has 2 heterocycles. The number of pyridine rings is 1. The van der Waals surface area contributed by atoms with E-state index in [1.807, 2.05) is 57.2 Å². The van der Waals surface area contributed by atoms with E-state index in [4.69, 9.17) is 4.42 Å². The van der Waals surface area contributed by atoms with Crippen LogP contribution < -0.4 is 4.90 Å². The van der Waals surface area contributed by atoms with Gasteiger partial charge in [-0.25, -0.2) is 4.98 Å². The second-order valence-corrected chi connectivity index (χ2v) is 5.92. The third-order valence-electron chi connectivity index (χ3n) is 4.05. The van der Waals surface area contributed by atoms with E-state index < -0.39 is 0 Å². The van der Waals surface area contributed by atoms with E-state index in [1.165, 1.54) is 0 Å². The van der Waals surface area contributed by atoms with Crippen LogP contribution in [0.5, 0.6) is 0 Å². The van der Waals surface area contributed by atoms with Gasteiger partial charge in [0.2, 0.25) is 11.8 Å². The van der Waals surface area contributed by atoms with Crippen molar-refractivity contribution in [2.75, 3.05) is 11.4 Å². The number of oxazole rings is 1. The summed E-state index contributed by atoms with van der Waals surface area (Å²) in [5.41, 5.74) is 3.49. The van der Waals surface area contributed by atoms with Crippen molar-refractivity contribution in [1.29, 1.82) is 0 Å². The highest BCUT2D eigenvalue weighted by Gasteiger charge is 2.19. The van der Waals surface area contributed by atoms with Gasteiger partial charge in [-0.1, -0.05) is 12.1 Å². The van der Waals surface area contributed by atoms with E-state index in [0.717, 1.165) is 16.8 Å². The molecule has 0 bridgehead atoms. The first-order valence-corrected chi connectivity index (χ1v) is 8.32. The lowest BCUT2D eigenvalue weighted by Crippen LogP contribution is -2.32. The van der Waals surface area contributed by atoms with Crippen LogP contribution in [0.25, 0.3) is 11.5 Å². The summed E-state index contributed by atoms with van der Waals surface area (Å²) >= 11 is 0. The maximum atomic E-state index is 12.8. The van der Waals surface area contributed by atoms with Gasteiger partial charge in [0.1, 0.15) is 5.76 Å². The molecule has 1 amide bonds. The molecule has 1 aromatic carbocycles. The fourth-order valence-electron chi connectivity index (χ4n) is 2.74. The Morgan fingerprint density at radius 2 is 2.04 bits per heavy atom. The van der Waals surface area contributed by atoms with Crippen LogP contribution in [-0.4, -0.2) is 22.4 Å². The number of aryl methyl sites for hydroxylation is 2. The van der Waals surface area contributed by atoms with Gasteiger partial charge < -0.3 is 9.32 Å². The molecule has 0 atom stereocenters. The molecule has 0 saturated carbocycles. The zero-order valence-electron chi connectivity index (χ0n) is 14.7. The lowest BCUT2D eigenvalue weighted by atomic mass is 10.2. The van der Waals surface area contributed by atoms with Crippen molar-refractivity contribution < 1.29 is 9.21 Å². The van der Waals surface area contributed by atoms with Crippen molar-refractivity contribution in [1.82, 2.24) is 9.97 Å². The Hall–Kier alpha value is -2.95. The van der Waals surface area contributed by atoms with E-state index >= 15 is 0 Å². The zero-order valence-corrected chi connectivity index (χ0v) is 14.7. The van der Waals surface area contributed by atoms with Crippen LogP contribution in [0.3, 0.4) is 0 Å². The summed E-state index contributed by atoms with van der Waals surface area (Å²) in [4.78, 5) is 23.1. The molecule has 0 aliphatic heterocycles. The van der Waals surface area contributed by atoms with Crippen molar-refractivity contribution in [3.05, 3.63) is 65.8 Å². The van der Waals surface area contributed by atoms with Gasteiger partial charge in [-0.3, -0.25) is 9.78 Å². The largest absolute Gasteiger partial charge is 0.441 e. The van der Waals surface area contributed by atoms with Crippen LogP contribution in [0.1, 0.15) is 23.9 Å². The predicted molar refractivity (Wildman–Crippen MR) is 97.4 cm³/mol. The molecule has 3 rings (SSSR count). The number of likely N-dealkylation sites (N-methyl/N-ethyl adjacent to an activating group) is 1. The average Bonchev–Trinajstić information content (AvgIpc) is 2.97. The smallest absolute Gasteiger partial charge is 0.233 e. The number of anilines is 1. The standard InChI is InChI=1S/C20H21N3O2/c1-4-23(17-9-5-7-14(2)11-17)19(24)12-18-15(3)25-20(22-18)16-8-6-10-21-13-16/h5-11,13H,4,12H2,1-3H3. The molecular formula is C20H21N3O2. The zero-order chi connectivity index (χ0) is 17.8. The molecule has 0 saturated heterocycles. The maximum absolute atomic E-state index is 12.8. The lowest BCUT2D eigenvalue weighted by molar-refractivity contribution is -0.118. The maximum Gasteiger partial charge on any atom is 0.233 e. The molecule has 0 N–H and O–H groups in total. The fraction of sp³-hybridized carbons (Fsp3) is 0.250. The van der Waals surface area contributed by atoms with Crippen LogP contribution in [0.15, 0.2) is 53.2 Å². The van der Waals surface area contributed by atoms with E-state index in [1.54, 1.807) is 17.3 Å². The Kier molecular flexibility index (Phi) is 4.93. The summed E-state index contributed by atoms with van der Waals surface area (Å²) < 4.78 is 5.72. The van der Waals surface area contributed by atoms with Crippen molar-refractivity contribution in [2.24, 2.45) is 0 Å². The van der Waals surface area contributed by atoms with Gasteiger partial charge >= 0.3 is 0 Å². The summed E-state index contributed by atoms with van der Waals surface area (Å²) in [5.74, 6) is 1.15. The van der Waals surface area contributed by atoms with Gasteiger partial charge in [0.05, 0.1) is 17.7 Å². The van der Waals surface area contributed by atoms with Gasteiger partial charge in [-0.05, 0) is 50.6 Å². The predicted octanol–water partition coefficient (Wildman–Crippen LogP) is 3.95. The van der Waals surface area contributed by atoms with E-state index in [-0.39, 0.29) is 12.3 Å². The van der Waals surface area contributed by atoms with Crippen molar-refractivity contribution in [3.8, 4) is 11.5 Å². The lowest BCUT2D eigenvalue weighted by Gasteiger charge is -2.21. The average molecular weight is 335 g/mol. The molecule has 128 valence electrons. The number of rotatable bonds is 5. The second kappa shape index (κ2) is 7.30. The van der Waals surface area contributed by atoms with E-state index in [2.05, 4.69) is 9.97 Å². The topological polar surface area (TPSA) is 59.2 Å². The molecule has 5 nitrogen and oxygen atoms in total. The summed E-state index contributed by atoms with van der Waals surface area (Å²) in [7, 11) is 0. The van der Waals surface area contributed by atoms with Crippen molar-refractivity contribution >= 4 is 11.6 Å². The third-order valence-corrected chi connectivity index (χ3v) is 4.05. The Bertz CT molecular complexity index is 872. The molecular weight excluding hydrogens is 314 g/mol. The normalized spacial score (nSPS) is 10.7. The van der Waals surface area contributed by atoms with Crippen LogP contribution >= 0.6 is 0 Å². The molecule has 0 radical (unpaired) electrons. The van der Waals surface area contributed by atoms with Crippen LogP contribution in [0, 0.1) is 13.8 Å². The summed E-state index contributed by atoms with van der Waals surface area (Å²) in [5, 5.41) is 0. The highest BCUT2D eigenvalue weighted by atomic mass is 16.4. The van der Waals surface area contributed by atoms with Crippen LogP contribution in [0.2, 0.25) is 0 Å². The first-order valence-electron chi connectivity index (χ1n) is 8.32. The number of benzene rings is 1. The Labute approximate surface area is 147 Å². The number of nitrogens with zero attached hydrogens (tertiary/aromatic N) is 3. The first kappa shape index (κ1) is 16.9. The molecule has 2 aromatic heterocycles. The number of hydrogen-bond acceptors (Lipinski definition) is 4. The fourth-order valence-corrected chi connectivity index (χ4v) is 2.74.